The van der Waals surface area contributed by atoms with Crippen molar-refractivity contribution in [2.75, 3.05) is 5.73 Å². The summed E-state index contributed by atoms with van der Waals surface area (Å²) >= 11 is 0. The van der Waals surface area contributed by atoms with Crippen molar-refractivity contribution in [2.45, 2.75) is 33.2 Å². The largest absolute Gasteiger partial charge is 0.384 e. The molecular formula is C24H22FN5O3. The maximum atomic E-state index is 13.8. The topological polar surface area (TPSA) is 115 Å². The second-order valence-electron chi connectivity index (χ2n) is 7.89. The number of ketones is 1. The Hall–Kier alpha value is -4.32. The summed E-state index contributed by atoms with van der Waals surface area (Å²) < 4.78 is 14.9. The van der Waals surface area contributed by atoms with Gasteiger partial charge in [-0.1, -0.05) is 26.0 Å². The van der Waals surface area contributed by atoms with Crippen LogP contribution >= 0.6 is 0 Å². The highest BCUT2D eigenvalue weighted by molar-refractivity contribution is 6.09. The number of pyridine rings is 1. The summed E-state index contributed by atoms with van der Waals surface area (Å²) in [4.78, 5) is 48.1. The van der Waals surface area contributed by atoms with Gasteiger partial charge in [-0.05, 0) is 53.8 Å². The van der Waals surface area contributed by atoms with Crippen LogP contribution in [0.5, 0.6) is 0 Å². The molecule has 3 aromatic rings. The third-order valence-electron chi connectivity index (χ3n) is 4.95. The Kier molecular flexibility index (Phi) is 6.68. The first-order valence-electron chi connectivity index (χ1n) is 10.1. The van der Waals surface area contributed by atoms with Gasteiger partial charge in [0.1, 0.15) is 11.5 Å². The highest BCUT2D eigenvalue weighted by Gasteiger charge is 2.25. The van der Waals surface area contributed by atoms with Gasteiger partial charge in [0.15, 0.2) is 6.20 Å². The van der Waals surface area contributed by atoms with Crippen LogP contribution in [0.3, 0.4) is 0 Å². The highest BCUT2D eigenvalue weighted by Crippen LogP contribution is 2.21. The molecule has 0 bridgehead atoms. The maximum Gasteiger partial charge on any atom is 0.329 e. The van der Waals surface area contributed by atoms with Crippen molar-refractivity contribution in [1.29, 1.82) is 0 Å². The van der Waals surface area contributed by atoms with Crippen molar-refractivity contribution >= 4 is 17.7 Å². The molecule has 0 unspecified atom stereocenters. The summed E-state index contributed by atoms with van der Waals surface area (Å²) in [7, 11) is 0. The van der Waals surface area contributed by atoms with Gasteiger partial charge in [-0.25, -0.2) is 14.6 Å². The van der Waals surface area contributed by atoms with E-state index in [-0.39, 0.29) is 35.1 Å². The van der Waals surface area contributed by atoms with Crippen LogP contribution in [0, 0.1) is 19.4 Å². The van der Waals surface area contributed by atoms with Crippen LogP contribution < -0.4 is 17.0 Å². The SMILES string of the molecule is [C-]#[N+]/C=C/c1cc(C)cc(C(=O)c2c(C(C)C)c(=O)[nH]c(=O)n2Cc2cc(N)nc(F)c2)c1. The van der Waals surface area contributed by atoms with Gasteiger partial charge in [0.25, 0.3) is 5.56 Å². The molecule has 33 heavy (non-hydrogen) atoms. The van der Waals surface area contributed by atoms with Gasteiger partial charge in [0.2, 0.25) is 11.7 Å². The zero-order chi connectivity index (χ0) is 24.3. The normalized spacial score (nSPS) is 11.2. The van der Waals surface area contributed by atoms with Gasteiger partial charge in [-0.3, -0.25) is 19.1 Å². The zero-order valence-electron chi connectivity index (χ0n) is 18.3. The summed E-state index contributed by atoms with van der Waals surface area (Å²) in [6.07, 6.45) is 2.83. The number of nitrogens with one attached hydrogen (secondary N) is 1. The minimum absolute atomic E-state index is 0.0747. The summed E-state index contributed by atoms with van der Waals surface area (Å²) in [5.41, 5.74) is 6.17. The first kappa shape index (κ1) is 23.3. The molecule has 8 nitrogen and oxygen atoms in total. The van der Waals surface area contributed by atoms with Crippen molar-refractivity contribution in [3.05, 3.63) is 108 Å². The van der Waals surface area contributed by atoms with E-state index >= 15 is 0 Å². The Labute approximate surface area is 189 Å². The molecule has 0 atom stereocenters. The lowest BCUT2D eigenvalue weighted by Crippen LogP contribution is -2.38. The number of hydrogen-bond donors (Lipinski definition) is 2. The van der Waals surface area contributed by atoms with Crippen LogP contribution in [-0.2, 0) is 6.54 Å². The van der Waals surface area contributed by atoms with Gasteiger partial charge in [0, 0.05) is 11.1 Å². The fourth-order valence-electron chi connectivity index (χ4n) is 3.66. The van der Waals surface area contributed by atoms with E-state index in [0.717, 1.165) is 16.2 Å². The Balaban J connectivity index is 2.27. The van der Waals surface area contributed by atoms with Crippen molar-refractivity contribution in [1.82, 2.24) is 14.5 Å². The molecule has 0 saturated heterocycles. The zero-order valence-corrected chi connectivity index (χ0v) is 18.3. The molecule has 0 saturated carbocycles. The number of benzene rings is 1. The number of aromatic nitrogens is 3. The van der Waals surface area contributed by atoms with E-state index in [4.69, 9.17) is 12.3 Å². The third-order valence-corrected chi connectivity index (χ3v) is 4.95. The van der Waals surface area contributed by atoms with Crippen molar-refractivity contribution < 1.29 is 9.18 Å². The number of hydrogen-bond acceptors (Lipinski definition) is 5. The van der Waals surface area contributed by atoms with Crippen LogP contribution in [0.4, 0.5) is 10.2 Å². The molecule has 2 aromatic heterocycles. The van der Waals surface area contributed by atoms with E-state index in [1.165, 1.54) is 12.3 Å². The van der Waals surface area contributed by atoms with E-state index in [1.54, 1.807) is 45.0 Å². The van der Waals surface area contributed by atoms with Gasteiger partial charge < -0.3 is 5.73 Å². The molecular weight excluding hydrogens is 425 g/mol. The Bertz CT molecular complexity index is 1410. The number of rotatable bonds is 6. The van der Waals surface area contributed by atoms with Crippen LogP contribution in [0.1, 0.15) is 58.1 Å². The lowest BCUT2D eigenvalue weighted by atomic mass is 9.95. The fraction of sp³-hybridized carbons (Fsp3) is 0.208. The van der Waals surface area contributed by atoms with E-state index in [0.29, 0.717) is 11.1 Å². The Morgan fingerprint density at radius 1 is 1.27 bits per heavy atom. The molecule has 0 amide bonds. The van der Waals surface area contributed by atoms with Crippen LogP contribution in [0.15, 0.2) is 46.1 Å². The fourth-order valence-corrected chi connectivity index (χ4v) is 3.66. The number of carbonyl (C=O) groups is 1. The second-order valence-corrected chi connectivity index (χ2v) is 7.89. The first-order valence-corrected chi connectivity index (χ1v) is 10.1. The number of nitrogens with two attached hydrogens (primary N) is 1. The quantitative estimate of drug-likeness (QED) is 0.342. The third kappa shape index (κ3) is 5.13. The number of aromatic amines is 1. The van der Waals surface area contributed by atoms with E-state index in [1.807, 2.05) is 0 Å². The monoisotopic (exact) mass is 447 g/mol. The molecule has 2 heterocycles. The summed E-state index contributed by atoms with van der Waals surface area (Å²) in [5.74, 6) is -1.82. The molecule has 0 fully saturated rings. The molecule has 0 aliphatic carbocycles. The minimum Gasteiger partial charge on any atom is -0.384 e. The number of anilines is 1. The Morgan fingerprint density at radius 2 is 2.00 bits per heavy atom. The standard InChI is InChI=1S/C24H22FN5O3/c1-13(2)20-21(22(31)17-8-14(3)7-15(9-17)5-6-27-4)30(24(33)29-23(20)32)12-16-10-18(25)28-19(26)11-16/h5-11,13H,12H2,1-3H3,(H2,26,28)(H,29,32,33)/b6-5+. The number of halogens is 1. The van der Waals surface area contributed by atoms with Crippen molar-refractivity contribution in [3.63, 3.8) is 0 Å². The average Bonchev–Trinajstić information content (AvgIpc) is 2.72. The van der Waals surface area contributed by atoms with E-state index < -0.39 is 23.0 Å². The van der Waals surface area contributed by atoms with Crippen molar-refractivity contribution in [3.8, 4) is 0 Å². The first-order chi connectivity index (χ1) is 15.6. The van der Waals surface area contributed by atoms with Gasteiger partial charge in [-0.2, -0.15) is 4.39 Å². The van der Waals surface area contributed by atoms with E-state index in [2.05, 4.69) is 14.8 Å². The molecule has 0 aliphatic heterocycles. The van der Waals surface area contributed by atoms with E-state index in [9.17, 15) is 18.8 Å². The van der Waals surface area contributed by atoms with Crippen LogP contribution in [-0.4, -0.2) is 20.3 Å². The molecule has 0 aliphatic rings. The molecule has 1 aromatic carbocycles. The lowest BCUT2D eigenvalue weighted by molar-refractivity contribution is 0.102. The molecule has 168 valence electrons. The number of nitrogens with zero attached hydrogens (tertiary/aromatic N) is 3. The van der Waals surface area contributed by atoms with Gasteiger partial charge in [-0.15, -0.1) is 0 Å². The molecule has 9 heteroatoms. The number of nitrogen functional groups attached to an aromatic ring is 1. The Morgan fingerprint density at radius 3 is 2.64 bits per heavy atom. The number of aryl methyl sites for hydroxylation is 1. The smallest absolute Gasteiger partial charge is 0.329 e. The minimum atomic E-state index is -0.825. The predicted octanol–water partition coefficient (Wildman–Crippen LogP) is 3.25. The van der Waals surface area contributed by atoms with Crippen molar-refractivity contribution in [2.24, 2.45) is 0 Å². The number of carbonyl (C=O) groups excluding carboxylic acids is 1. The highest BCUT2D eigenvalue weighted by atomic mass is 19.1. The van der Waals surface area contributed by atoms with Crippen LogP contribution in [0.2, 0.25) is 0 Å². The molecule has 0 radical (unpaired) electrons. The lowest BCUT2D eigenvalue weighted by Gasteiger charge is -2.18. The van der Waals surface area contributed by atoms with Gasteiger partial charge >= 0.3 is 5.69 Å². The predicted molar refractivity (Wildman–Crippen MR) is 123 cm³/mol. The summed E-state index contributed by atoms with van der Waals surface area (Å²) in [5, 5.41) is 0. The number of H-pyrrole nitrogens is 1. The van der Waals surface area contributed by atoms with Gasteiger partial charge in [0.05, 0.1) is 13.1 Å². The summed E-state index contributed by atoms with van der Waals surface area (Å²) in [6, 6.07) is 7.53. The maximum absolute atomic E-state index is 13.8. The van der Waals surface area contributed by atoms with Crippen LogP contribution in [0.25, 0.3) is 10.9 Å². The summed E-state index contributed by atoms with van der Waals surface area (Å²) in [6.45, 7) is 12.0. The average molecular weight is 447 g/mol. The second kappa shape index (κ2) is 9.44. The molecule has 0 spiro atoms. The molecule has 3 rings (SSSR count). The molecule has 3 N–H and O–H groups in total.